The lowest BCUT2D eigenvalue weighted by atomic mass is 10.3. The molecule has 0 unspecified atom stereocenters. The maximum Gasteiger partial charge on any atom is 0.224 e. The van der Waals surface area contributed by atoms with E-state index in [4.69, 9.17) is 23.2 Å². The van der Waals surface area contributed by atoms with E-state index in [2.05, 4.69) is 24.8 Å². The van der Waals surface area contributed by atoms with E-state index < -0.39 is 0 Å². The Kier molecular flexibility index (Phi) is 3.72. The van der Waals surface area contributed by atoms with Gasteiger partial charge in [0.05, 0.1) is 6.20 Å². The molecule has 1 saturated heterocycles. The summed E-state index contributed by atoms with van der Waals surface area (Å²) in [4.78, 5) is 16.8. The monoisotopic (exact) mass is 315 g/mol. The molecule has 0 N–H and O–H groups in total. The Labute approximate surface area is 124 Å². The Morgan fingerprint density at radius 1 is 1.05 bits per heavy atom. The van der Waals surface area contributed by atoms with Gasteiger partial charge in [-0.25, -0.2) is 9.97 Å². The summed E-state index contributed by atoms with van der Waals surface area (Å²) in [6.07, 6.45) is 3.37. The largest absolute Gasteiger partial charge is 0.352 e. The second-order valence-electron chi connectivity index (χ2n) is 4.10. The summed E-state index contributed by atoms with van der Waals surface area (Å²) in [6.45, 7) is 3.47. The molecule has 0 atom stereocenters. The van der Waals surface area contributed by atoms with Crippen molar-refractivity contribution in [2.45, 2.75) is 0 Å². The Balaban J connectivity index is 1.71. The lowest BCUT2D eigenvalue weighted by Gasteiger charge is -2.35. The summed E-state index contributed by atoms with van der Waals surface area (Å²) in [5.41, 5.74) is 0. The summed E-state index contributed by atoms with van der Waals surface area (Å²) < 4.78 is 0. The van der Waals surface area contributed by atoms with Crippen molar-refractivity contribution in [3.63, 3.8) is 0 Å². The molecule has 1 fully saturated rings. The van der Waals surface area contributed by atoms with Gasteiger partial charge in [0.2, 0.25) is 5.28 Å². The normalized spacial score (nSPS) is 15.9. The zero-order chi connectivity index (χ0) is 13.2. The zero-order valence-electron chi connectivity index (χ0n) is 9.96. The third-order valence-electron chi connectivity index (χ3n) is 2.97. The first-order valence-electron chi connectivity index (χ1n) is 5.81. The standard InChI is InChI=1S/C11H11Cl2N5S/c12-8-7-15-10(13)16-9(8)17-2-4-18(5-3-17)11-14-1-6-19-11/h1,6-7H,2-5H2. The molecule has 19 heavy (non-hydrogen) atoms. The maximum atomic E-state index is 6.12. The lowest BCUT2D eigenvalue weighted by Crippen LogP contribution is -2.47. The number of piperazine rings is 1. The second kappa shape index (κ2) is 5.48. The molecule has 1 aliphatic heterocycles. The Hall–Kier alpha value is -1.11. The Bertz CT molecular complexity index is 554. The molecular formula is C11H11Cl2N5S. The van der Waals surface area contributed by atoms with Crippen LogP contribution in [0.1, 0.15) is 0 Å². The topological polar surface area (TPSA) is 45.2 Å². The van der Waals surface area contributed by atoms with E-state index in [-0.39, 0.29) is 5.28 Å². The average Bonchev–Trinajstić information content (AvgIpc) is 2.96. The van der Waals surface area contributed by atoms with Crippen LogP contribution in [0.3, 0.4) is 0 Å². The van der Waals surface area contributed by atoms with Crippen LogP contribution in [0.15, 0.2) is 17.8 Å². The van der Waals surface area contributed by atoms with Crippen molar-refractivity contribution in [3.05, 3.63) is 28.1 Å². The third-order valence-corrected chi connectivity index (χ3v) is 4.25. The van der Waals surface area contributed by atoms with Gasteiger partial charge in [-0.3, -0.25) is 0 Å². The molecule has 3 rings (SSSR count). The Morgan fingerprint density at radius 3 is 2.47 bits per heavy atom. The highest BCUT2D eigenvalue weighted by Gasteiger charge is 2.21. The minimum atomic E-state index is 0.224. The third kappa shape index (κ3) is 2.75. The van der Waals surface area contributed by atoms with Crippen LogP contribution in [0.2, 0.25) is 10.3 Å². The summed E-state index contributed by atoms with van der Waals surface area (Å²) in [6, 6.07) is 0. The molecule has 3 heterocycles. The van der Waals surface area contributed by atoms with Gasteiger partial charge in [-0.15, -0.1) is 11.3 Å². The summed E-state index contributed by atoms with van der Waals surface area (Å²) in [5, 5.41) is 3.81. The van der Waals surface area contributed by atoms with Gasteiger partial charge in [0.25, 0.3) is 0 Å². The molecule has 0 aliphatic carbocycles. The highest BCUT2D eigenvalue weighted by molar-refractivity contribution is 7.13. The second-order valence-corrected chi connectivity index (χ2v) is 5.72. The van der Waals surface area contributed by atoms with E-state index >= 15 is 0 Å². The summed E-state index contributed by atoms with van der Waals surface area (Å²) >= 11 is 13.6. The zero-order valence-corrected chi connectivity index (χ0v) is 12.3. The number of aromatic nitrogens is 3. The highest BCUT2D eigenvalue weighted by Crippen LogP contribution is 2.26. The van der Waals surface area contributed by atoms with Crippen LogP contribution in [0.5, 0.6) is 0 Å². The molecule has 0 aromatic carbocycles. The molecule has 0 radical (unpaired) electrons. The number of nitrogens with zero attached hydrogens (tertiary/aromatic N) is 5. The molecule has 100 valence electrons. The number of hydrogen-bond donors (Lipinski definition) is 0. The van der Waals surface area contributed by atoms with Crippen molar-refractivity contribution < 1.29 is 0 Å². The van der Waals surface area contributed by atoms with Crippen molar-refractivity contribution in [1.82, 2.24) is 15.0 Å². The van der Waals surface area contributed by atoms with Crippen LogP contribution in [0.25, 0.3) is 0 Å². The average molecular weight is 316 g/mol. The molecule has 2 aromatic heterocycles. The van der Waals surface area contributed by atoms with Crippen LogP contribution in [-0.4, -0.2) is 41.1 Å². The van der Waals surface area contributed by atoms with Crippen LogP contribution >= 0.6 is 34.5 Å². The predicted octanol–water partition coefficient (Wildman–Crippen LogP) is 2.57. The van der Waals surface area contributed by atoms with Crippen LogP contribution in [0, 0.1) is 0 Å². The minimum absolute atomic E-state index is 0.224. The minimum Gasteiger partial charge on any atom is -0.352 e. The van der Waals surface area contributed by atoms with E-state index in [1.54, 1.807) is 17.5 Å². The van der Waals surface area contributed by atoms with Crippen molar-refractivity contribution >= 4 is 45.5 Å². The first-order chi connectivity index (χ1) is 9.24. The fourth-order valence-corrected chi connectivity index (χ4v) is 3.08. The molecule has 2 aromatic rings. The fraction of sp³-hybridized carbons (Fsp3) is 0.364. The van der Waals surface area contributed by atoms with Crippen molar-refractivity contribution in [2.24, 2.45) is 0 Å². The molecule has 0 spiro atoms. The van der Waals surface area contributed by atoms with Crippen LogP contribution < -0.4 is 9.80 Å². The van der Waals surface area contributed by atoms with E-state index in [0.29, 0.717) is 10.8 Å². The van der Waals surface area contributed by atoms with Crippen LogP contribution in [-0.2, 0) is 0 Å². The van der Waals surface area contributed by atoms with E-state index in [9.17, 15) is 0 Å². The predicted molar refractivity (Wildman–Crippen MR) is 78.6 cm³/mol. The molecule has 0 bridgehead atoms. The van der Waals surface area contributed by atoms with Gasteiger partial charge in [0.1, 0.15) is 5.02 Å². The summed E-state index contributed by atoms with van der Waals surface area (Å²) in [5.74, 6) is 0.709. The van der Waals surface area contributed by atoms with E-state index in [0.717, 1.165) is 31.3 Å². The molecular weight excluding hydrogens is 305 g/mol. The molecule has 0 saturated carbocycles. The number of halogens is 2. The van der Waals surface area contributed by atoms with Crippen molar-refractivity contribution in [3.8, 4) is 0 Å². The van der Waals surface area contributed by atoms with E-state index in [1.807, 2.05) is 11.6 Å². The maximum absolute atomic E-state index is 6.12. The molecule has 0 amide bonds. The van der Waals surface area contributed by atoms with E-state index in [1.165, 1.54) is 0 Å². The van der Waals surface area contributed by atoms with Gasteiger partial charge in [0.15, 0.2) is 10.9 Å². The molecule has 5 nitrogen and oxygen atoms in total. The quantitative estimate of drug-likeness (QED) is 0.797. The van der Waals surface area contributed by atoms with Crippen LogP contribution in [0.4, 0.5) is 10.9 Å². The van der Waals surface area contributed by atoms with Gasteiger partial charge in [-0.2, -0.15) is 4.98 Å². The molecule has 8 heteroatoms. The van der Waals surface area contributed by atoms with Gasteiger partial charge < -0.3 is 9.80 Å². The van der Waals surface area contributed by atoms with Crippen molar-refractivity contribution in [1.29, 1.82) is 0 Å². The Morgan fingerprint density at radius 2 is 1.79 bits per heavy atom. The number of thiazole rings is 1. The molecule has 1 aliphatic rings. The summed E-state index contributed by atoms with van der Waals surface area (Å²) in [7, 11) is 0. The van der Waals surface area contributed by atoms with Crippen molar-refractivity contribution in [2.75, 3.05) is 36.0 Å². The number of anilines is 2. The smallest absolute Gasteiger partial charge is 0.224 e. The van der Waals surface area contributed by atoms with Gasteiger partial charge >= 0.3 is 0 Å². The first-order valence-corrected chi connectivity index (χ1v) is 7.45. The SMILES string of the molecule is Clc1ncc(Cl)c(N2CCN(c3nccs3)CC2)n1. The van der Waals surface area contributed by atoms with Gasteiger partial charge in [-0.1, -0.05) is 11.6 Å². The lowest BCUT2D eigenvalue weighted by molar-refractivity contribution is 0.645. The first kappa shape index (κ1) is 12.9. The highest BCUT2D eigenvalue weighted by atomic mass is 35.5. The fourth-order valence-electron chi connectivity index (χ4n) is 2.04. The van der Waals surface area contributed by atoms with Gasteiger partial charge in [-0.05, 0) is 11.6 Å². The van der Waals surface area contributed by atoms with Gasteiger partial charge in [0, 0.05) is 37.8 Å². The number of rotatable bonds is 2. The number of hydrogen-bond acceptors (Lipinski definition) is 6.